The standard InChI is InChI=1S/C9H15N3/c1-6-5-8(12-11-6)9(3-4-9)7(2)10/h5,7H,3-4,10H2,1-2H3,(H,11,12). The van der Waals surface area contributed by atoms with Crippen LogP contribution in [0.3, 0.4) is 0 Å². The van der Waals surface area contributed by atoms with Crippen LogP contribution in [0.2, 0.25) is 0 Å². The normalized spacial score (nSPS) is 22.2. The maximum Gasteiger partial charge on any atom is 0.0701 e. The Kier molecular flexibility index (Phi) is 1.51. The third kappa shape index (κ3) is 0.966. The number of H-pyrrole nitrogens is 1. The first-order chi connectivity index (χ1) is 5.65. The van der Waals surface area contributed by atoms with E-state index in [1.54, 1.807) is 0 Å². The van der Waals surface area contributed by atoms with Gasteiger partial charge < -0.3 is 5.73 Å². The van der Waals surface area contributed by atoms with Crippen molar-refractivity contribution in [3.8, 4) is 0 Å². The van der Waals surface area contributed by atoms with Crippen molar-refractivity contribution in [3.05, 3.63) is 17.5 Å². The molecule has 1 fully saturated rings. The van der Waals surface area contributed by atoms with E-state index in [2.05, 4.69) is 23.2 Å². The van der Waals surface area contributed by atoms with Crippen LogP contribution in [-0.4, -0.2) is 16.2 Å². The van der Waals surface area contributed by atoms with E-state index in [0.29, 0.717) is 0 Å². The fourth-order valence-corrected chi connectivity index (χ4v) is 1.75. The van der Waals surface area contributed by atoms with Crippen molar-refractivity contribution in [1.82, 2.24) is 10.2 Å². The van der Waals surface area contributed by atoms with Gasteiger partial charge in [0.15, 0.2) is 0 Å². The number of hydrogen-bond donors (Lipinski definition) is 2. The third-order valence-electron chi connectivity index (χ3n) is 2.88. The molecule has 1 aliphatic rings. The molecule has 3 nitrogen and oxygen atoms in total. The Morgan fingerprint density at radius 1 is 1.67 bits per heavy atom. The van der Waals surface area contributed by atoms with E-state index in [-0.39, 0.29) is 11.5 Å². The zero-order chi connectivity index (χ0) is 8.77. The largest absolute Gasteiger partial charge is 0.327 e. The van der Waals surface area contributed by atoms with Crippen molar-refractivity contribution < 1.29 is 0 Å². The topological polar surface area (TPSA) is 54.7 Å². The molecule has 3 heteroatoms. The van der Waals surface area contributed by atoms with E-state index in [9.17, 15) is 0 Å². The highest BCUT2D eigenvalue weighted by molar-refractivity contribution is 5.28. The first kappa shape index (κ1) is 7.80. The van der Waals surface area contributed by atoms with Crippen molar-refractivity contribution in [2.75, 3.05) is 0 Å². The lowest BCUT2D eigenvalue weighted by atomic mass is 9.94. The molecule has 12 heavy (non-hydrogen) atoms. The summed E-state index contributed by atoms with van der Waals surface area (Å²) in [6.45, 7) is 4.09. The number of nitrogens with two attached hydrogens (primary N) is 1. The number of aromatic nitrogens is 2. The summed E-state index contributed by atoms with van der Waals surface area (Å²) in [4.78, 5) is 0. The Balaban J connectivity index is 2.30. The van der Waals surface area contributed by atoms with Crippen molar-refractivity contribution in [3.63, 3.8) is 0 Å². The molecule has 3 N–H and O–H groups in total. The van der Waals surface area contributed by atoms with Crippen LogP contribution in [-0.2, 0) is 5.41 Å². The van der Waals surface area contributed by atoms with Gasteiger partial charge in [0, 0.05) is 17.2 Å². The predicted octanol–water partition coefficient (Wildman–Crippen LogP) is 1.10. The van der Waals surface area contributed by atoms with Crippen LogP contribution < -0.4 is 5.73 Å². The highest BCUT2D eigenvalue weighted by Gasteiger charge is 2.49. The molecule has 0 amide bonds. The Bertz CT molecular complexity index is 284. The zero-order valence-electron chi connectivity index (χ0n) is 7.59. The molecule has 1 saturated carbocycles. The second-order valence-electron chi connectivity index (χ2n) is 3.88. The van der Waals surface area contributed by atoms with E-state index in [1.807, 2.05) is 6.92 Å². The lowest BCUT2D eigenvalue weighted by Crippen LogP contribution is -2.31. The summed E-state index contributed by atoms with van der Waals surface area (Å²) in [6.07, 6.45) is 2.38. The molecule has 0 radical (unpaired) electrons. The predicted molar refractivity (Wildman–Crippen MR) is 47.9 cm³/mol. The van der Waals surface area contributed by atoms with Crippen molar-refractivity contribution in [2.24, 2.45) is 5.73 Å². The third-order valence-corrected chi connectivity index (χ3v) is 2.88. The highest BCUT2D eigenvalue weighted by atomic mass is 15.1. The summed E-state index contributed by atoms with van der Waals surface area (Å²) >= 11 is 0. The molecule has 1 aromatic heterocycles. The summed E-state index contributed by atoms with van der Waals surface area (Å²) in [7, 11) is 0. The minimum Gasteiger partial charge on any atom is -0.327 e. The van der Waals surface area contributed by atoms with Gasteiger partial charge in [0.1, 0.15) is 0 Å². The Hall–Kier alpha value is -0.830. The molecule has 0 spiro atoms. The number of rotatable bonds is 2. The molecule has 1 aromatic rings. The molecule has 0 bridgehead atoms. The van der Waals surface area contributed by atoms with E-state index >= 15 is 0 Å². The summed E-state index contributed by atoms with van der Waals surface area (Å²) in [5.41, 5.74) is 8.39. The molecule has 1 atom stereocenters. The molecule has 2 rings (SSSR count). The molecule has 0 aromatic carbocycles. The first-order valence-electron chi connectivity index (χ1n) is 4.43. The van der Waals surface area contributed by atoms with Crippen LogP contribution in [0.15, 0.2) is 6.07 Å². The van der Waals surface area contributed by atoms with E-state index in [0.717, 1.165) is 11.4 Å². The van der Waals surface area contributed by atoms with Gasteiger partial charge >= 0.3 is 0 Å². The molecule has 1 aliphatic carbocycles. The van der Waals surface area contributed by atoms with Crippen molar-refractivity contribution >= 4 is 0 Å². The van der Waals surface area contributed by atoms with Crippen LogP contribution >= 0.6 is 0 Å². The minimum absolute atomic E-state index is 0.199. The summed E-state index contributed by atoms with van der Waals surface area (Å²) in [5, 5.41) is 7.23. The lowest BCUT2D eigenvalue weighted by Gasteiger charge is -2.16. The van der Waals surface area contributed by atoms with Gasteiger partial charge in [-0.25, -0.2) is 0 Å². The van der Waals surface area contributed by atoms with Gasteiger partial charge in [0.05, 0.1) is 5.69 Å². The Labute approximate surface area is 72.4 Å². The van der Waals surface area contributed by atoms with Crippen LogP contribution in [0.4, 0.5) is 0 Å². The number of nitrogens with zero attached hydrogens (tertiary/aromatic N) is 1. The maximum absolute atomic E-state index is 5.92. The van der Waals surface area contributed by atoms with Gasteiger partial charge in [-0.2, -0.15) is 5.10 Å². The van der Waals surface area contributed by atoms with Crippen LogP contribution in [0.5, 0.6) is 0 Å². The van der Waals surface area contributed by atoms with E-state index in [1.165, 1.54) is 12.8 Å². The highest BCUT2D eigenvalue weighted by Crippen LogP contribution is 2.49. The van der Waals surface area contributed by atoms with Gasteiger partial charge in [0.25, 0.3) is 0 Å². The van der Waals surface area contributed by atoms with Crippen molar-refractivity contribution in [2.45, 2.75) is 38.1 Å². The summed E-state index contributed by atoms with van der Waals surface area (Å²) in [6, 6.07) is 2.33. The second kappa shape index (κ2) is 2.33. The Morgan fingerprint density at radius 3 is 2.67 bits per heavy atom. The SMILES string of the molecule is Cc1cc(C2(C(C)N)CC2)n[nH]1. The molecule has 0 saturated heterocycles. The molecule has 0 aliphatic heterocycles. The van der Waals surface area contributed by atoms with Gasteiger partial charge in [-0.15, -0.1) is 0 Å². The van der Waals surface area contributed by atoms with E-state index < -0.39 is 0 Å². The van der Waals surface area contributed by atoms with Gasteiger partial charge in [-0.05, 0) is 32.8 Å². The first-order valence-corrected chi connectivity index (χ1v) is 4.43. The molecular weight excluding hydrogens is 150 g/mol. The van der Waals surface area contributed by atoms with Crippen molar-refractivity contribution in [1.29, 1.82) is 0 Å². The van der Waals surface area contributed by atoms with Gasteiger partial charge in [-0.1, -0.05) is 0 Å². The average molecular weight is 165 g/mol. The molecule has 1 heterocycles. The number of nitrogens with one attached hydrogen (secondary N) is 1. The fraction of sp³-hybridized carbons (Fsp3) is 0.667. The van der Waals surface area contributed by atoms with Crippen LogP contribution in [0.1, 0.15) is 31.2 Å². The number of aromatic amines is 1. The minimum atomic E-state index is 0.199. The molecule has 66 valence electrons. The number of hydrogen-bond acceptors (Lipinski definition) is 2. The van der Waals surface area contributed by atoms with E-state index in [4.69, 9.17) is 5.73 Å². The van der Waals surface area contributed by atoms with Gasteiger partial charge in [0.2, 0.25) is 0 Å². The second-order valence-corrected chi connectivity index (χ2v) is 3.88. The van der Waals surface area contributed by atoms with Gasteiger partial charge in [-0.3, -0.25) is 5.10 Å². The average Bonchev–Trinajstić information content (AvgIpc) is 2.71. The smallest absolute Gasteiger partial charge is 0.0701 e. The maximum atomic E-state index is 5.92. The quantitative estimate of drug-likeness (QED) is 0.689. The molecule has 1 unspecified atom stereocenters. The fourth-order valence-electron chi connectivity index (χ4n) is 1.75. The lowest BCUT2D eigenvalue weighted by molar-refractivity contribution is 0.541. The molecular formula is C9H15N3. The Morgan fingerprint density at radius 2 is 2.33 bits per heavy atom. The zero-order valence-corrected chi connectivity index (χ0v) is 7.59. The van der Waals surface area contributed by atoms with Crippen LogP contribution in [0.25, 0.3) is 0 Å². The number of aryl methyl sites for hydroxylation is 1. The van der Waals surface area contributed by atoms with Crippen LogP contribution in [0, 0.1) is 6.92 Å². The summed E-state index contributed by atoms with van der Waals surface area (Å²) in [5.74, 6) is 0. The monoisotopic (exact) mass is 165 g/mol. The summed E-state index contributed by atoms with van der Waals surface area (Å²) < 4.78 is 0.